The van der Waals surface area contributed by atoms with Crippen LogP contribution in [0.25, 0.3) is 16.3 Å². The van der Waals surface area contributed by atoms with Crippen molar-refractivity contribution in [1.29, 1.82) is 0 Å². The number of hydrogen-bond acceptors (Lipinski definition) is 2. The van der Waals surface area contributed by atoms with Gasteiger partial charge in [-0.15, -0.1) is 0 Å². The van der Waals surface area contributed by atoms with Gasteiger partial charge in [-0.25, -0.2) is 4.52 Å². The highest BCUT2D eigenvalue weighted by atomic mass is 35.5. The first-order valence-corrected chi connectivity index (χ1v) is 4.88. The lowest BCUT2D eigenvalue weighted by molar-refractivity contribution is 0.481. The molecule has 15 heavy (non-hydrogen) atoms. The predicted octanol–water partition coefficient (Wildman–Crippen LogP) is 2.85. The first-order chi connectivity index (χ1) is 7.25. The van der Waals surface area contributed by atoms with E-state index >= 15 is 0 Å². The van der Waals surface area contributed by atoms with Crippen LogP contribution in [0.3, 0.4) is 0 Å². The highest BCUT2D eigenvalue weighted by Crippen LogP contribution is 2.28. The molecule has 74 valence electrons. The molecule has 0 aliphatic rings. The topological polar surface area (TPSA) is 37.5 Å². The number of pyridine rings is 1. The normalized spacial score (nSPS) is 11.3. The molecule has 0 aliphatic carbocycles. The summed E-state index contributed by atoms with van der Waals surface area (Å²) in [5, 5.41) is 16.3. The van der Waals surface area contributed by atoms with Gasteiger partial charge in [-0.3, -0.25) is 0 Å². The maximum atomic E-state index is 9.66. The Balaban J connectivity index is 2.58. The van der Waals surface area contributed by atoms with Crippen molar-refractivity contribution in [2.75, 3.05) is 0 Å². The Kier molecular flexibility index (Phi) is 1.64. The molecular formula is C11H7ClN2O. The van der Waals surface area contributed by atoms with Crippen LogP contribution in [-0.4, -0.2) is 14.7 Å². The van der Waals surface area contributed by atoms with Crippen LogP contribution in [0, 0.1) is 0 Å². The van der Waals surface area contributed by atoms with Crippen molar-refractivity contribution in [1.82, 2.24) is 9.61 Å². The Morgan fingerprint density at radius 2 is 2.13 bits per heavy atom. The molecule has 2 aromatic heterocycles. The zero-order chi connectivity index (χ0) is 10.4. The summed E-state index contributed by atoms with van der Waals surface area (Å²) in [6.45, 7) is 0. The van der Waals surface area contributed by atoms with Crippen LogP contribution >= 0.6 is 11.6 Å². The molecule has 0 amide bonds. The minimum atomic E-state index is 0.183. The van der Waals surface area contributed by atoms with Crippen LogP contribution < -0.4 is 0 Å². The summed E-state index contributed by atoms with van der Waals surface area (Å²) < 4.78 is 1.64. The van der Waals surface area contributed by atoms with Crippen LogP contribution in [0.5, 0.6) is 5.75 Å². The van der Waals surface area contributed by atoms with Crippen molar-refractivity contribution in [3.8, 4) is 5.75 Å². The van der Waals surface area contributed by atoms with Crippen molar-refractivity contribution in [2.45, 2.75) is 0 Å². The SMILES string of the molecule is Oc1cnn2ccc3cc(Cl)ccc3c12. The van der Waals surface area contributed by atoms with E-state index in [-0.39, 0.29) is 5.75 Å². The fraction of sp³-hybridized carbons (Fsp3) is 0. The molecule has 2 heterocycles. The van der Waals surface area contributed by atoms with E-state index < -0.39 is 0 Å². The fourth-order valence-corrected chi connectivity index (χ4v) is 1.95. The van der Waals surface area contributed by atoms with E-state index in [4.69, 9.17) is 11.6 Å². The number of hydrogen-bond donors (Lipinski definition) is 1. The van der Waals surface area contributed by atoms with Gasteiger partial charge in [0.05, 0.1) is 6.20 Å². The summed E-state index contributed by atoms with van der Waals surface area (Å²) in [6, 6.07) is 7.47. The quantitative estimate of drug-likeness (QED) is 0.630. The highest BCUT2D eigenvalue weighted by molar-refractivity contribution is 6.31. The maximum absolute atomic E-state index is 9.66. The van der Waals surface area contributed by atoms with Gasteiger partial charge in [0.25, 0.3) is 0 Å². The summed E-state index contributed by atoms with van der Waals surface area (Å²) >= 11 is 5.90. The van der Waals surface area contributed by atoms with Gasteiger partial charge in [0.2, 0.25) is 0 Å². The molecule has 0 radical (unpaired) electrons. The van der Waals surface area contributed by atoms with Gasteiger partial charge in [-0.05, 0) is 23.6 Å². The Bertz CT molecular complexity index is 660. The smallest absolute Gasteiger partial charge is 0.162 e. The number of nitrogens with zero attached hydrogens (tertiary/aromatic N) is 2. The third kappa shape index (κ3) is 1.17. The second kappa shape index (κ2) is 2.87. The second-order valence-corrected chi connectivity index (χ2v) is 3.81. The molecule has 0 aliphatic heterocycles. The van der Waals surface area contributed by atoms with Crippen molar-refractivity contribution in [3.05, 3.63) is 41.7 Å². The molecule has 0 bridgehead atoms. The van der Waals surface area contributed by atoms with E-state index in [2.05, 4.69) is 5.10 Å². The van der Waals surface area contributed by atoms with E-state index in [1.165, 1.54) is 6.20 Å². The average molecular weight is 219 g/mol. The van der Waals surface area contributed by atoms with E-state index in [9.17, 15) is 5.11 Å². The number of halogens is 1. The number of aromatic nitrogens is 2. The molecule has 3 aromatic rings. The van der Waals surface area contributed by atoms with E-state index in [1.54, 1.807) is 16.8 Å². The van der Waals surface area contributed by atoms with Gasteiger partial charge >= 0.3 is 0 Å². The molecular weight excluding hydrogens is 212 g/mol. The summed E-state index contributed by atoms with van der Waals surface area (Å²) in [6.07, 6.45) is 3.23. The molecule has 1 N–H and O–H groups in total. The zero-order valence-corrected chi connectivity index (χ0v) is 8.44. The number of fused-ring (bicyclic) bond motifs is 3. The average Bonchev–Trinajstić information content (AvgIpc) is 2.60. The van der Waals surface area contributed by atoms with Crippen LogP contribution in [0.4, 0.5) is 0 Å². The highest BCUT2D eigenvalue weighted by Gasteiger charge is 2.06. The molecule has 0 fully saturated rings. The standard InChI is InChI=1S/C11H7ClN2O/c12-8-1-2-9-7(5-8)3-4-14-11(9)10(15)6-13-14/h1-6,15H. The van der Waals surface area contributed by atoms with E-state index in [0.29, 0.717) is 10.5 Å². The monoisotopic (exact) mass is 218 g/mol. The molecule has 4 heteroatoms. The van der Waals surface area contributed by atoms with E-state index in [0.717, 1.165) is 10.8 Å². The lowest BCUT2D eigenvalue weighted by atomic mass is 10.1. The maximum Gasteiger partial charge on any atom is 0.162 e. The van der Waals surface area contributed by atoms with Gasteiger partial charge in [-0.1, -0.05) is 17.7 Å². The molecule has 0 saturated heterocycles. The molecule has 1 aromatic carbocycles. The van der Waals surface area contributed by atoms with Crippen molar-refractivity contribution < 1.29 is 5.11 Å². The first-order valence-electron chi connectivity index (χ1n) is 4.50. The first kappa shape index (κ1) is 8.56. The Labute approximate surface area is 90.5 Å². The van der Waals surface area contributed by atoms with Gasteiger partial charge in [0.15, 0.2) is 5.75 Å². The lowest BCUT2D eigenvalue weighted by Gasteiger charge is -2.01. The number of benzene rings is 1. The van der Waals surface area contributed by atoms with Crippen molar-refractivity contribution in [2.24, 2.45) is 0 Å². The van der Waals surface area contributed by atoms with Gasteiger partial charge in [0, 0.05) is 16.6 Å². The van der Waals surface area contributed by atoms with Gasteiger partial charge in [-0.2, -0.15) is 5.10 Å². The molecule has 0 atom stereocenters. The second-order valence-electron chi connectivity index (χ2n) is 3.37. The number of aromatic hydroxyl groups is 1. The predicted molar refractivity (Wildman–Crippen MR) is 59.4 cm³/mol. The molecule has 0 spiro atoms. The van der Waals surface area contributed by atoms with Crippen LogP contribution in [0.2, 0.25) is 5.02 Å². The van der Waals surface area contributed by atoms with Gasteiger partial charge < -0.3 is 5.11 Å². The minimum Gasteiger partial charge on any atom is -0.504 e. The third-order valence-electron chi connectivity index (χ3n) is 2.44. The lowest BCUT2D eigenvalue weighted by Crippen LogP contribution is -1.86. The summed E-state index contributed by atoms with van der Waals surface area (Å²) in [5.41, 5.74) is 0.712. The molecule has 3 rings (SSSR count). The van der Waals surface area contributed by atoms with Crippen LogP contribution in [0.1, 0.15) is 0 Å². The molecule has 0 unspecified atom stereocenters. The van der Waals surface area contributed by atoms with Crippen molar-refractivity contribution in [3.63, 3.8) is 0 Å². The molecule has 0 saturated carbocycles. The Morgan fingerprint density at radius 3 is 3.00 bits per heavy atom. The largest absolute Gasteiger partial charge is 0.504 e. The Morgan fingerprint density at radius 1 is 1.27 bits per heavy atom. The Hall–Kier alpha value is -1.74. The van der Waals surface area contributed by atoms with Crippen LogP contribution in [0.15, 0.2) is 36.7 Å². The van der Waals surface area contributed by atoms with Gasteiger partial charge in [0.1, 0.15) is 5.52 Å². The minimum absolute atomic E-state index is 0.183. The third-order valence-corrected chi connectivity index (χ3v) is 2.68. The van der Waals surface area contributed by atoms with Crippen LogP contribution in [-0.2, 0) is 0 Å². The number of rotatable bonds is 0. The zero-order valence-electron chi connectivity index (χ0n) is 7.68. The summed E-state index contributed by atoms with van der Waals surface area (Å²) in [4.78, 5) is 0. The fourth-order valence-electron chi connectivity index (χ4n) is 1.77. The summed E-state index contributed by atoms with van der Waals surface area (Å²) in [7, 11) is 0. The summed E-state index contributed by atoms with van der Waals surface area (Å²) in [5.74, 6) is 0.183. The van der Waals surface area contributed by atoms with E-state index in [1.807, 2.05) is 18.2 Å². The van der Waals surface area contributed by atoms with Crippen molar-refractivity contribution >= 4 is 27.9 Å². The molecule has 3 nitrogen and oxygen atoms in total.